The third kappa shape index (κ3) is 6.21. The molecule has 0 saturated heterocycles. The molecule has 1 aliphatic rings. The van der Waals surface area contributed by atoms with E-state index < -0.39 is 11.9 Å². The summed E-state index contributed by atoms with van der Waals surface area (Å²) in [5.74, 6) is -1.94. The molecule has 0 amide bonds. The molecule has 1 atom stereocenters. The van der Waals surface area contributed by atoms with E-state index in [-0.39, 0.29) is 5.92 Å². The van der Waals surface area contributed by atoms with E-state index >= 15 is 0 Å². The molecule has 0 aromatic rings. The topological polar surface area (TPSA) is 98.0 Å². The van der Waals surface area contributed by atoms with E-state index in [1.807, 2.05) is 0 Å². The maximum absolute atomic E-state index is 10.0. The van der Waals surface area contributed by atoms with Crippen LogP contribution in [0, 0.1) is 5.92 Å². The second-order valence-electron chi connectivity index (χ2n) is 5.17. The maximum atomic E-state index is 10.0. The maximum Gasteiger partial charge on any atom is 0.503 e. The van der Waals surface area contributed by atoms with Gasteiger partial charge in [0.1, 0.15) is 0 Å². The van der Waals surface area contributed by atoms with Crippen molar-refractivity contribution in [3.05, 3.63) is 24.3 Å². The van der Waals surface area contributed by atoms with Gasteiger partial charge in [0, 0.05) is 5.92 Å². The molecule has 1 fully saturated rings. The first kappa shape index (κ1) is 18.7. The smallest absolute Gasteiger partial charge is 0.450 e. The molecule has 0 spiro atoms. The third-order valence-corrected chi connectivity index (χ3v) is 3.59. The van der Waals surface area contributed by atoms with Crippen LogP contribution >= 0.6 is 0 Å². The van der Waals surface area contributed by atoms with Gasteiger partial charge in [0.05, 0.1) is 0 Å². The van der Waals surface area contributed by atoms with Gasteiger partial charge in [-0.15, -0.1) is 0 Å². The van der Waals surface area contributed by atoms with Crippen LogP contribution in [-0.4, -0.2) is 32.4 Å². The molecular formula is C15H26O5. The summed E-state index contributed by atoms with van der Waals surface area (Å²) < 4.78 is 0. The zero-order valence-electron chi connectivity index (χ0n) is 12.1. The molecule has 1 unspecified atom stereocenters. The minimum absolute atomic E-state index is 0.217. The molecule has 0 heterocycles. The molecule has 5 heteroatoms. The van der Waals surface area contributed by atoms with Gasteiger partial charge in [0.25, 0.3) is 0 Å². The Morgan fingerprint density at radius 1 is 1.20 bits per heavy atom. The molecule has 116 valence electrons. The van der Waals surface area contributed by atoms with Gasteiger partial charge in [-0.3, -0.25) is 0 Å². The van der Waals surface area contributed by atoms with Gasteiger partial charge in [-0.1, -0.05) is 51.3 Å². The highest BCUT2D eigenvalue weighted by atomic mass is 16.6. The third-order valence-electron chi connectivity index (χ3n) is 3.59. The van der Waals surface area contributed by atoms with Crippen molar-refractivity contribution >= 4 is 6.16 Å². The molecule has 0 aliphatic heterocycles. The van der Waals surface area contributed by atoms with Gasteiger partial charge in [0.2, 0.25) is 0 Å². The molecule has 5 nitrogen and oxygen atoms in total. The Balaban J connectivity index is 0.000000796. The second-order valence-corrected chi connectivity index (χ2v) is 5.17. The van der Waals surface area contributed by atoms with Gasteiger partial charge < -0.3 is 20.4 Å². The van der Waals surface area contributed by atoms with Crippen LogP contribution in [0.3, 0.4) is 0 Å². The number of carboxylic acid groups (broad SMARTS) is 2. The summed E-state index contributed by atoms with van der Waals surface area (Å²) in [4.78, 5) is 8.56. The van der Waals surface area contributed by atoms with Gasteiger partial charge in [-0.05, 0) is 24.8 Å². The van der Waals surface area contributed by atoms with Crippen LogP contribution in [0.25, 0.3) is 0 Å². The molecule has 0 aromatic heterocycles. The molecule has 0 bridgehead atoms. The molecule has 1 saturated carbocycles. The summed E-state index contributed by atoms with van der Waals surface area (Å²) in [5, 5.41) is 34.0. The fraction of sp³-hybridized carbons (Fsp3) is 0.667. The van der Waals surface area contributed by atoms with Crippen molar-refractivity contribution in [1.29, 1.82) is 0 Å². The highest BCUT2D eigenvalue weighted by Crippen LogP contribution is 2.40. The average molecular weight is 286 g/mol. The zero-order chi connectivity index (χ0) is 15.8. The summed E-state index contributed by atoms with van der Waals surface area (Å²) in [7, 11) is 0. The van der Waals surface area contributed by atoms with Crippen molar-refractivity contribution < 1.29 is 25.2 Å². The zero-order valence-corrected chi connectivity index (χ0v) is 12.1. The molecular weight excluding hydrogens is 260 g/mol. The number of unbranched alkanes of at least 4 members (excludes halogenated alkanes) is 3. The van der Waals surface area contributed by atoms with Crippen LogP contribution in [0.5, 0.6) is 0 Å². The lowest BCUT2D eigenvalue weighted by Gasteiger charge is -2.39. The van der Waals surface area contributed by atoms with E-state index in [4.69, 9.17) is 15.0 Å². The Hall–Kier alpha value is -1.33. The largest absolute Gasteiger partial charge is 0.503 e. The van der Waals surface area contributed by atoms with Crippen LogP contribution in [-0.2, 0) is 0 Å². The molecule has 20 heavy (non-hydrogen) atoms. The van der Waals surface area contributed by atoms with Crippen LogP contribution in [0.2, 0.25) is 0 Å². The van der Waals surface area contributed by atoms with Crippen LogP contribution in [0.4, 0.5) is 4.79 Å². The van der Waals surface area contributed by atoms with Gasteiger partial charge in [-0.25, -0.2) is 4.79 Å². The van der Waals surface area contributed by atoms with E-state index in [1.54, 1.807) is 0 Å². The van der Waals surface area contributed by atoms with Crippen molar-refractivity contribution in [1.82, 2.24) is 0 Å². The minimum Gasteiger partial charge on any atom is -0.450 e. The van der Waals surface area contributed by atoms with Crippen LogP contribution < -0.4 is 0 Å². The average Bonchev–Trinajstić information content (AvgIpc) is 2.33. The Bertz CT molecular complexity index is 342. The first-order valence-corrected chi connectivity index (χ1v) is 6.96. The van der Waals surface area contributed by atoms with E-state index in [9.17, 15) is 10.2 Å². The summed E-state index contributed by atoms with van der Waals surface area (Å²) >= 11 is 0. The molecule has 0 aromatic carbocycles. The minimum atomic E-state index is -1.83. The second kappa shape index (κ2) is 8.76. The lowest BCUT2D eigenvalue weighted by molar-refractivity contribution is -0.168. The lowest BCUT2D eigenvalue weighted by atomic mass is 9.75. The number of hydrogen-bond acceptors (Lipinski definition) is 3. The standard InChI is InChI=1S/C14H24O2.CH2O3/c1-4-5-6-7-8-13-11(2)9-10-12(3)14(13,15)16;2-1(3)4/h13,15-16H,2-10H2,1H3;(H2,2,3,4). The Labute approximate surface area is 120 Å². The number of rotatable bonds is 5. The van der Waals surface area contributed by atoms with E-state index in [0.717, 1.165) is 31.3 Å². The quantitative estimate of drug-likeness (QED) is 0.353. The van der Waals surface area contributed by atoms with E-state index in [1.165, 1.54) is 12.8 Å². The Morgan fingerprint density at radius 2 is 1.75 bits per heavy atom. The lowest BCUT2D eigenvalue weighted by Crippen LogP contribution is -2.43. The van der Waals surface area contributed by atoms with Crippen molar-refractivity contribution in [2.24, 2.45) is 5.92 Å². The van der Waals surface area contributed by atoms with Crippen molar-refractivity contribution in [2.75, 3.05) is 0 Å². The Kier molecular flexibility index (Phi) is 8.18. The van der Waals surface area contributed by atoms with Crippen molar-refractivity contribution in [3.63, 3.8) is 0 Å². The summed E-state index contributed by atoms with van der Waals surface area (Å²) in [6.07, 6.45) is 5.07. The van der Waals surface area contributed by atoms with Crippen LogP contribution in [0.15, 0.2) is 24.3 Å². The van der Waals surface area contributed by atoms with Crippen LogP contribution in [0.1, 0.15) is 51.9 Å². The fourth-order valence-electron chi connectivity index (χ4n) is 2.38. The number of hydrogen-bond donors (Lipinski definition) is 4. The monoisotopic (exact) mass is 286 g/mol. The highest BCUT2D eigenvalue weighted by molar-refractivity contribution is 5.53. The SMILES string of the molecule is C=C1CCC(=C)C(O)(O)C1CCCCCC.O=C(O)O. The number of aliphatic hydroxyl groups is 2. The van der Waals surface area contributed by atoms with Crippen molar-refractivity contribution in [2.45, 2.75) is 57.7 Å². The predicted molar refractivity (Wildman–Crippen MR) is 77.6 cm³/mol. The predicted octanol–water partition coefficient (Wildman–Crippen LogP) is 3.38. The van der Waals surface area contributed by atoms with Gasteiger partial charge >= 0.3 is 6.16 Å². The summed E-state index contributed by atoms with van der Waals surface area (Å²) in [6.45, 7) is 9.89. The Morgan fingerprint density at radius 3 is 2.25 bits per heavy atom. The van der Waals surface area contributed by atoms with Crippen molar-refractivity contribution in [3.8, 4) is 0 Å². The normalized spacial score (nSPS) is 21.1. The summed E-state index contributed by atoms with van der Waals surface area (Å²) in [5.41, 5.74) is 1.51. The molecule has 0 radical (unpaired) electrons. The molecule has 1 aliphatic carbocycles. The molecule has 1 rings (SSSR count). The highest BCUT2D eigenvalue weighted by Gasteiger charge is 2.41. The summed E-state index contributed by atoms with van der Waals surface area (Å²) in [6, 6.07) is 0. The number of carbonyl (C=O) groups is 1. The van der Waals surface area contributed by atoms with Gasteiger partial charge in [0.15, 0.2) is 5.79 Å². The van der Waals surface area contributed by atoms with E-state index in [2.05, 4.69) is 20.1 Å². The first-order valence-electron chi connectivity index (χ1n) is 6.96. The molecule has 4 N–H and O–H groups in total. The fourth-order valence-corrected chi connectivity index (χ4v) is 2.38. The van der Waals surface area contributed by atoms with E-state index in [0.29, 0.717) is 12.0 Å². The van der Waals surface area contributed by atoms with Gasteiger partial charge in [-0.2, -0.15) is 0 Å². The first-order chi connectivity index (χ1) is 9.23.